The molecule has 3 N–H and O–H groups in total. The summed E-state index contributed by atoms with van der Waals surface area (Å²) in [4.78, 5) is 11.2. The summed E-state index contributed by atoms with van der Waals surface area (Å²) in [7, 11) is 0. The van der Waals surface area contributed by atoms with E-state index in [1.165, 1.54) is 11.1 Å². The molecule has 0 spiro atoms. The summed E-state index contributed by atoms with van der Waals surface area (Å²) in [6.07, 6.45) is 0. The molecule has 1 aromatic rings. The van der Waals surface area contributed by atoms with E-state index in [4.69, 9.17) is 5.73 Å². The van der Waals surface area contributed by atoms with E-state index in [-0.39, 0.29) is 30.9 Å². The van der Waals surface area contributed by atoms with Crippen molar-refractivity contribution in [2.75, 3.05) is 6.54 Å². The van der Waals surface area contributed by atoms with Gasteiger partial charge in [0.25, 0.3) is 0 Å². The minimum atomic E-state index is -0.122. The Labute approximate surface area is 103 Å². The fourth-order valence-electron chi connectivity index (χ4n) is 1.62. The Bertz CT molecular complexity index is 366. The fourth-order valence-corrected chi connectivity index (χ4v) is 1.62. The molecule has 1 amide bonds. The fraction of sp³-hybridized carbons (Fsp3) is 0.417. The van der Waals surface area contributed by atoms with Crippen LogP contribution in [0, 0.1) is 13.8 Å². The number of nitrogens with one attached hydrogen (secondary N) is 1. The Balaban J connectivity index is 0.00000225. The highest BCUT2D eigenvalue weighted by atomic mass is 35.5. The quantitative estimate of drug-likeness (QED) is 0.850. The van der Waals surface area contributed by atoms with Crippen molar-refractivity contribution in [2.24, 2.45) is 5.73 Å². The Hall–Kier alpha value is -1.06. The van der Waals surface area contributed by atoms with Crippen molar-refractivity contribution in [3.05, 3.63) is 34.9 Å². The molecule has 1 aromatic carbocycles. The predicted octanol–water partition coefficient (Wildman–Crippen LogP) is 1.86. The summed E-state index contributed by atoms with van der Waals surface area (Å²) >= 11 is 0. The van der Waals surface area contributed by atoms with Gasteiger partial charge in [-0.25, -0.2) is 0 Å². The number of aryl methyl sites for hydroxylation is 1. The van der Waals surface area contributed by atoms with Gasteiger partial charge in [0.1, 0.15) is 0 Å². The second-order valence-corrected chi connectivity index (χ2v) is 3.78. The zero-order chi connectivity index (χ0) is 11.4. The molecule has 0 saturated carbocycles. The van der Waals surface area contributed by atoms with Crippen molar-refractivity contribution < 1.29 is 4.79 Å². The van der Waals surface area contributed by atoms with Gasteiger partial charge in [-0.3, -0.25) is 4.79 Å². The van der Waals surface area contributed by atoms with Gasteiger partial charge in [-0.2, -0.15) is 0 Å². The first-order valence-corrected chi connectivity index (χ1v) is 5.11. The number of benzene rings is 1. The lowest BCUT2D eigenvalue weighted by Gasteiger charge is -2.17. The van der Waals surface area contributed by atoms with Crippen LogP contribution in [0.15, 0.2) is 18.2 Å². The molecule has 16 heavy (non-hydrogen) atoms. The van der Waals surface area contributed by atoms with Crippen molar-refractivity contribution in [3.63, 3.8) is 0 Å². The smallest absolute Gasteiger partial charge is 0.234 e. The summed E-state index contributed by atoms with van der Waals surface area (Å²) in [6, 6.07) is 6.11. The number of rotatable bonds is 3. The topological polar surface area (TPSA) is 55.1 Å². The largest absolute Gasteiger partial charge is 0.348 e. The van der Waals surface area contributed by atoms with Crippen LogP contribution in [0.2, 0.25) is 0 Å². The van der Waals surface area contributed by atoms with E-state index in [9.17, 15) is 4.79 Å². The van der Waals surface area contributed by atoms with Crippen LogP contribution in [0.5, 0.6) is 0 Å². The van der Waals surface area contributed by atoms with Crippen molar-refractivity contribution in [1.82, 2.24) is 5.32 Å². The first-order valence-electron chi connectivity index (χ1n) is 5.11. The van der Waals surface area contributed by atoms with Gasteiger partial charge in [-0.1, -0.05) is 18.2 Å². The van der Waals surface area contributed by atoms with Crippen LogP contribution >= 0.6 is 12.4 Å². The number of halogens is 1. The molecule has 0 bridgehead atoms. The van der Waals surface area contributed by atoms with E-state index in [1.807, 2.05) is 19.1 Å². The lowest BCUT2D eigenvalue weighted by atomic mass is 9.98. The average molecular weight is 243 g/mol. The van der Waals surface area contributed by atoms with Gasteiger partial charge in [0, 0.05) is 0 Å². The van der Waals surface area contributed by atoms with E-state index < -0.39 is 0 Å². The van der Waals surface area contributed by atoms with Gasteiger partial charge in [-0.05, 0) is 37.5 Å². The molecule has 3 nitrogen and oxygen atoms in total. The Kier molecular flexibility index (Phi) is 6.08. The molecule has 1 rings (SSSR count). The molecule has 90 valence electrons. The van der Waals surface area contributed by atoms with Crippen LogP contribution in [0.3, 0.4) is 0 Å². The third kappa shape index (κ3) is 3.51. The summed E-state index contributed by atoms with van der Waals surface area (Å²) in [5, 5.41) is 2.85. The minimum absolute atomic E-state index is 0. The van der Waals surface area contributed by atoms with Crippen LogP contribution in [-0.4, -0.2) is 12.5 Å². The Morgan fingerprint density at radius 2 is 2.06 bits per heavy atom. The maximum atomic E-state index is 11.2. The van der Waals surface area contributed by atoms with Crippen molar-refractivity contribution in [3.8, 4) is 0 Å². The SMILES string of the molecule is Cc1cccc(C(C)NC(=O)CN)c1C.Cl. The maximum absolute atomic E-state index is 11.2. The summed E-state index contributed by atoms with van der Waals surface area (Å²) in [6.45, 7) is 6.14. The lowest BCUT2D eigenvalue weighted by molar-refractivity contribution is -0.120. The number of carbonyl (C=O) groups excluding carboxylic acids is 1. The van der Waals surface area contributed by atoms with Crippen molar-refractivity contribution >= 4 is 18.3 Å². The van der Waals surface area contributed by atoms with Crippen LogP contribution < -0.4 is 11.1 Å². The highest BCUT2D eigenvalue weighted by Gasteiger charge is 2.10. The third-order valence-electron chi connectivity index (χ3n) is 2.68. The molecular weight excluding hydrogens is 224 g/mol. The van der Waals surface area contributed by atoms with E-state index in [0.29, 0.717) is 0 Å². The van der Waals surface area contributed by atoms with E-state index in [2.05, 4.69) is 25.2 Å². The molecule has 0 aliphatic carbocycles. The Morgan fingerprint density at radius 1 is 1.44 bits per heavy atom. The van der Waals surface area contributed by atoms with Gasteiger partial charge in [0.15, 0.2) is 0 Å². The molecule has 1 unspecified atom stereocenters. The molecule has 1 atom stereocenters. The van der Waals surface area contributed by atoms with Crippen molar-refractivity contribution in [1.29, 1.82) is 0 Å². The van der Waals surface area contributed by atoms with Crippen molar-refractivity contribution in [2.45, 2.75) is 26.8 Å². The van der Waals surface area contributed by atoms with Gasteiger partial charge in [0.2, 0.25) is 5.91 Å². The monoisotopic (exact) mass is 242 g/mol. The molecular formula is C12H19ClN2O. The van der Waals surface area contributed by atoms with Gasteiger partial charge >= 0.3 is 0 Å². The molecule has 0 aliphatic heterocycles. The van der Waals surface area contributed by atoms with Crippen LogP contribution in [0.1, 0.15) is 29.7 Å². The van der Waals surface area contributed by atoms with E-state index in [1.54, 1.807) is 0 Å². The molecule has 0 aliphatic rings. The number of hydrogen-bond acceptors (Lipinski definition) is 2. The van der Waals surface area contributed by atoms with E-state index >= 15 is 0 Å². The molecule has 0 fully saturated rings. The second kappa shape index (κ2) is 6.51. The average Bonchev–Trinajstić information content (AvgIpc) is 2.21. The number of hydrogen-bond donors (Lipinski definition) is 2. The molecule has 4 heteroatoms. The summed E-state index contributed by atoms with van der Waals surface area (Å²) in [5.41, 5.74) is 8.87. The number of carbonyl (C=O) groups is 1. The second-order valence-electron chi connectivity index (χ2n) is 3.78. The minimum Gasteiger partial charge on any atom is -0.348 e. The molecule has 0 radical (unpaired) electrons. The molecule has 0 heterocycles. The van der Waals surface area contributed by atoms with Gasteiger partial charge in [0.05, 0.1) is 12.6 Å². The number of amides is 1. The van der Waals surface area contributed by atoms with Crippen LogP contribution in [0.25, 0.3) is 0 Å². The summed E-state index contributed by atoms with van der Waals surface area (Å²) < 4.78 is 0. The summed E-state index contributed by atoms with van der Waals surface area (Å²) in [5.74, 6) is -0.122. The highest BCUT2D eigenvalue weighted by molar-refractivity contribution is 5.85. The first kappa shape index (κ1) is 14.9. The standard InChI is InChI=1S/C12H18N2O.ClH/c1-8-5-4-6-11(9(8)2)10(3)14-12(15)7-13;/h4-6,10H,7,13H2,1-3H3,(H,14,15);1H. The molecule has 0 saturated heterocycles. The lowest BCUT2D eigenvalue weighted by Crippen LogP contribution is -2.32. The van der Waals surface area contributed by atoms with Crippen LogP contribution in [0.4, 0.5) is 0 Å². The number of nitrogens with two attached hydrogens (primary N) is 1. The molecule has 0 aromatic heterocycles. The van der Waals surface area contributed by atoms with E-state index in [0.717, 1.165) is 5.56 Å². The predicted molar refractivity (Wildman–Crippen MR) is 68.8 cm³/mol. The maximum Gasteiger partial charge on any atom is 0.234 e. The van der Waals surface area contributed by atoms with Crippen LogP contribution in [-0.2, 0) is 4.79 Å². The normalized spacial score (nSPS) is 11.5. The van der Waals surface area contributed by atoms with Gasteiger partial charge < -0.3 is 11.1 Å². The highest BCUT2D eigenvalue weighted by Crippen LogP contribution is 2.19. The first-order chi connectivity index (χ1) is 7.06. The Morgan fingerprint density at radius 3 is 2.62 bits per heavy atom. The zero-order valence-electron chi connectivity index (χ0n) is 9.91. The van der Waals surface area contributed by atoms with Gasteiger partial charge in [-0.15, -0.1) is 12.4 Å². The third-order valence-corrected chi connectivity index (χ3v) is 2.68. The zero-order valence-corrected chi connectivity index (χ0v) is 10.7.